The molecule has 130 valence electrons. The number of aromatic nitrogens is 1. The Morgan fingerprint density at radius 3 is 2.56 bits per heavy atom. The summed E-state index contributed by atoms with van der Waals surface area (Å²) in [7, 11) is 1.63. The number of imide groups is 1. The minimum atomic E-state index is -0.207. The highest BCUT2D eigenvalue weighted by Gasteiger charge is 2.37. The average molecular weight is 356 g/mol. The number of rotatable bonds is 5. The highest BCUT2D eigenvalue weighted by atomic mass is 32.2. The molecule has 0 aliphatic carbocycles. The smallest absolute Gasteiger partial charge is 0.293 e. The van der Waals surface area contributed by atoms with Crippen LogP contribution in [0.15, 0.2) is 47.6 Å². The van der Waals surface area contributed by atoms with Crippen LogP contribution in [-0.2, 0) is 4.79 Å². The van der Waals surface area contributed by atoms with Crippen LogP contribution in [0.2, 0.25) is 0 Å². The van der Waals surface area contributed by atoms with E-state index in [2.05, 4.69) is 0 Å². The molecule has 3 rings (SSSR count). The third-order valence-electron chi connectivity index (χ3n) is 4.24. The first-order chi connectivity index (χ1) is 12.0. The minimum absolute atomic E-state index is 0.0812. The number of hydrogen-bond acceptors (Lipinski definition) is 4. The molecule has 2 amide bonds. The molecule has 1 aliphatic rings. The summed E-state index contributed by atoms with van der Waals surface area (Å²) in [5.41, 5.74) is 1.87. The van der Waals surface area contributed by atoms with Gasteiger partial charge in [0, 0.05) is 24.1 Å². The van der Waals surface area contributed by atoms with Crippen molar-refractivity contribution in [3.8, 4) is 11.4 Å². The van der Waals surface area contributed by atoms with E-state index in [0.717, 1.165) is 35.2 Å². The van der Waals surface area contributed by atoms with E-state index in [1.54, 1.807) is 13.2 Å². The summed E-state index contributed by atoms with van der Waals surface area (Å²) in [4.78, 5) is 26.4. The normalized spacial score (nSPS) is 17.4. The van der Waals surface area contributed by atoms with Gasteiger partial charge in [0.25, 0.3) is 11.1 Å². The van der Waals surface area contributed by atoms with Crippen LogP contribution in [0.3, 0.4) is 0 Å². The first-order valence-corrected chi connectivity index (χ1v) is 8.94. The molecule has 1 aliphatic heterocycles. The second-order valence-electron chi connectivity index (χ2n) is 5.86. The number of carbonyl (C=O) groups is 2. The first kappa shape index (κ1) is 17.4. The van der Waals surface area contributed by atoms with Crippen LogP contribution in [0, 0.1) is 0 Å². The molecule has 2 heterocycles. The molecule has 25 heavy (non-hydrogen) atoms. The van der Waals surface area contributed by atoms with Crippen molar-refractivity contribution >= 4 is 29.0 Å². The molecule has 0 N–H and O–H groups in total. The molecule has 2 aromatic rings. The minimum Gasteiger partial charge on any atom is -0.497 e. The van der Waals surface area contributed by atoms with Gasteiger partial charge >= 0.3 is 0 Å². The molecule has 1 aromatic heterocycles. The van der Waals surface area contributed by atoms with Crippen LogP contribution >= 0.6 is 11.8 Å². The van der Waals surface area contributed by atoms with Gasteiger partial charge in [0.05, 0.1) is 12.0 Å². The Labute approximate surface area is 151 Å². The van der Waals surface area contributed by atoms with Gasteiger partial charge in [0.1, 0.15) is 5.75 Å². The number of methoxy groups -OCH3 is 1. The summed E-state index contributed by atoms with van der Waals surface area (Å²) in [6, 6.07) is 9.54. The van der Waals surface area contributed by atoms with Crippen LogP contribution in [0.1, 0.15) is 25.8 Å². The quantitative estimate of drug-likeness (QED) is 0.749. The molecule has 0 radical (unpaired) electrons. The number of ether oxygens (including phenoxy) is 1. The molecule has 0 spiro atoms. The fourth-order valence-electron chi connectivity index (χ4n) is 2.61. The summed E-state index contributed by atoms with van der Waals surface area (Å²) in [6.07, 6.45) is 6.37. The number of thioether (sulfide) groups is 1. The van der Waals surface area contributed by atoms with E-state index in [9.17, 15) is 9.59 Å². The molecule has 0 bridgehead atoms. The molecule has 0 saturated carbocycles. The zero-order valence-corrected chi connectivity index (χ0v) is 15.2. The zero-order valence-electron chi connectivity index (χ0n) is 14.4. The zero-order chi connectivity index (χ0) is 18.0. The van der Waals surface area contributed by atoms with E-state index < -0.39 is 0 Å². The second kappa shape index (κ2) is 7.19. The molecular formula is C19H20N2O3S. The van der Waals surface area contributed by atoms with Gasteiger partial charge in [-0.25, -0.2) is 0 Å². The van der Waals surface area contributed by atoms with Crippen molar-refractivity contribution in [2.24, 2.45) is 0 Å². The first-order valence-electron chi connectivity index (χ1n) is 8.13. The summed E-state index contributed by atoms with van der Waals surface area (Å²) in [6.45, 7) is 3.85. The van der Waals surface area contributed by atoms with Crippen LogP contribution in [0.5, 0.6) is 5.75 Å². The van der Waals surface area contributed by atoms with E-state index >= 15 is 0 Å². The van der Waals surface area contributed by atoms with E-state index in [0.29, 0.717) is 4.91 Å². The lowest BCUT2D eigenvalue weighted by Gasteiger charge is -2.19. The Morgan fingerprint density at radius 1 is 1.20 bits per heavy atom. The van der Waals surface area contributed by atoms with Gasteiger partial charge in [0.15, 0.2) is 0 Å². The predicted molar refractivity (Wildman–Crippen MR) is 99.9 cm³/mol. The van der Waals surface area contributed by atoms with E-state index in [-0.39, 0.29) is 17.2 Å². The third-order valence-corrected chi connectivity index (χ3v) is 5.12. The van der Waals surface area contributed by atoms with E-state index in [1.807, 2.05) is 61.1 Å². The SMILES string of the molecule is CCC(C)N1C(=O)S/C(=C\c2ccn(-c3ccc(OC)cc3)c2)C1=O. The Balaban J connectivity index is 1.82. The van der Waals surface area contributed by atoms with Gasteiger partial charge in [-0.2, -0.15) is 0 Å². The molecule has 5 nitrogen and oxygen atoms in total. The lowest BCUT2D eigenvalue weighted by atomic mass is 10.2. The monoisotopic (exact) mass is 356 g/mol. The lowest BCUT2D eigenvalue weighted by Crippen LogP contribution is -2.36. The summed E-state index contributed by atoms with van der Waals surface area (Å²) in [5, 5.41) is -0.194. The molecule has 1 saturated heterocycles. The highest BCUT2D eigenvalue weighted by molar-refractivity contribution is 8.18. The maximum absolute atomic E-state index is 12.5. The number of benzene rings is 1. The highest BCUT2D eigenvalue weighted by Crippen LogP contribution is 2.34. The molecule has 6 heteroatoms. The Morgan fingerprint density at radius 2 is 1.92 bits per heavy atom. The third kappa shape index (κ3) is 3.49. The van der Waals surface area contributed by atoms with Gasteiger partial charge in [-0.15, -0.1) is 0 Å². The lowest BCUT2D eigenvalue weighted by molar-refractivity contribution is -0.124. The Kier molecular flexibility index (Phi) is 4.99. The Hall–Kier alpha value is -2.47. The van der Waals surface area contributed by atoms with E-state index in [4.69, 9.17) is 4.74 Å². The van der Waals surface area contributed by atoms with Crippen molar-refractivity contribution in [1.29, 1.82) is 0 Å². The molecular weight excluding hydrogens is 336 g/mol. The van der Waals surface area contributed by atoms with Crippen molar-refractivity contribution in [3.05, 3.63) is 53.2 Å². The van der Waals surface area contributed by atoms with Crippen LogP contribution < -0.4 is 4.74 Å². The van der Waals surface area contributed by atoms with Crippen molar-refractivity contribution in [3.63, 3.8) is 0 Å². The van der Waals surface area contributed by atoms with Gasteiger partial charge in [0.2, 0.25) is 0 Å². The fraction of sp³-hybridized carbons (Fsp3) is 0.263. The number of nitrogens with zero attached hydrogens (tertiary/aromatic N) is 2. The van der Waals surface area contributed by atoms with Crippen molar-refractivity contribution < 1.29 is 14.3 Å². The van der Waals surface area contributed by atoms with Gasteiger partial charge in [-0.3, -0.25) is 14.5 Å². The fourth-order valence-corrected chi connectivity index (χ4v) is 3.54. The molecule has 1 fully saturated rings. The average Bonchev–Trinajstić information content (AvgIpc) is 3.19. The molecule has 1 unspecified atom stereocenters. The topological polar surface area (TPSA) is 51.5 Å². The van der Waals surface area contributed by atoms with Crippen LogP contribution in [-0.4, -0.2) is 33.8 Å². The van der Waals surface area contributed by atoms with Gasteiger partial charge in [-0.1, -0.05) is 6.92 Å². The second-order valence-corrected chi connectivity index (χ2v) is 6.85. The van der Waals surface area contributed by atoms with E-state index in [1.165, 1.54) is 4.90 Å². The summed E-state index contributed by atoms with van der Waals surface area (Å²) in [5.74, 6) is 0.594. The Bertz CT molecular complexity index is 823. The number of hydrogen-bond donors (Lipinski definition) is 0. The van der Waals surface area contributed by atoms with Crippen LogP contribution in [0.25, 0.3) is 11.8 Å². The largest absolute Gasteiger partial charge is 0.497 e. The number of carbonyl (C=O) groups excluding carboxylic acids is 2. The standard InChI is InChI=1S/C19H20N2O3S/c1-4-13(2)21-18(22)17(25-19(21)23)11-14-9-10-20(12-14)15-5-7-16(24-3)8-6-15/h5-13H,4H2,1-3H3/b17-11-. The number of amides is 2. The van der Waals surface area contributed by atoms with Crippen molar-refractivity contribution in [1.82, 2.24) is 9.47 Å². The maximum Gasteiger partial charge on any atom is 0.293 e. The van der Waals surface area contributed by atoms with Crippen LogP contribution in [0.4, 0.5) is 4.79 Å². The predicted octanol–water partition coefficient (Wildman–Crippen LogP) is 4.32. The van der Waals surface area contributed by atoms with Crippen molar-refractivity contribution in [2.75, 3.05) is 7.11 Å². The molecule has 1 atom stereocenters. The maximum atomic E-state index is 12.5. The molecule has 1 aromatic carbocycles. The summed E-state index contributed by atoms with van der Waals surface area (Å²) >= 11 is 1.00. The van der Waals surface area contributed by atoms with Gasteiger partial charge < -0.3 is 9.30 Å². The van der Waals surface area contributed by atoms with Crippen molar-refractivity contribution in [2.45, 2.75) is 26.3 Å². The van der Waals surface area contributed by atoms with Gasteiger partial charge in [-0.05, 0) is 67.1 Å². The summed E-state index contributed by atoms with van der Waals surface area (Å²) < 4.78 is 7.13.